The van der Waals surface area contributed by atoms with Gasteiger partial charge in [0.1, 0.15) is 5.82 Å². The van der Waals surface area contributed by atoms with E-state index in [0.717, 1.165) is 24.5 Å². The maximum Gasteiger partial charge on any atom is 0.131 e. The third-order valence-corrected chi connectivity index (χ3v) is 5.08. The molecule has 4 nitrogen and oxygen atoms in total. The molecule has 1 fully saturated rings. The molecule has 1 aliphatic rings. The highest BCUT2D eigenvalue weighted by Gasteiger charge is 2.19. The van der Waals surface area contributed by atoms with Crippen LogP contribution in [0, 0.1) is 0 Å². The molecule has 1 atom stereocenters. The van der Waals surface area contributed by atoms with Crippen LogP contribution in [0.15, 0.2) is 36.8 Å². The molecule has 0 aromatic carbocycles. The van der Waals surface area contributed by atoms with Crippen LogP contribution in [-0.4, -0.2) is 26.9 Å². The second kappa shape index (κ2) is 8.34. The van der Waals surface area contributed by atoms with Gasteiger partial charge in [0.05, 0.1) is 11.7 Å². The molecule has 24 heavy (non-hydrogen) atoms. The summed E-state index contributed by atoms with van der Waals surface area (Å²) in [5.74, 6) is 1.61. The number of aromatic nitrogens is 3. The minimum Gasteiger partial charge on any atom is -0.293 e. The summed E-state index contributed by atoms with van der Waals surface area (Å²) < 4.78 is 0. The summed E-state index contributed by atoms with van der Waals surface area (Å²) in [6, 6.07) is 6.45. The molecular formula is C20H28N4. The van der Waals surface area contributed by atoms with Crippen LogP contribution >= 0.6 is 0 Å². The van der Waals surface area contributed by atoms with Crippen molar-refractivity contribution in [3.63, 3.8) is 0 Å². The topological polar surface area (TPSA) is 41.9 Å². The van der Waals surface area contributed by atoms with E-state index in [1.54, 1.807) is 0 Å². The van der Waals surface area contributed by atoms with Gasteiger partial charge in [-0.1, -0.05) is 32.3 Å². The molecule has 0 unspecified atom stereocenters. The molecule has 2 heterocycles. The molecular weight excluding hydrogens is 296 g/mol. The number of rotatable bonds is 6. The number of hydrogen-bond donors (Lipinski definition) is 0. The lowest BCUT2D eigenvalue weighted by atomic mass is 9.89. The maximum atomic E-state index is 4.66. The lowest BCUT2D eigenvalue weighted by Crippen LogP contribution is -2.24. The van der Waals surface area contributed by atoms with E-state index in [1.165, 1.54) is 37.7 Å². The first kappa shape index (κ1) is 17.0. The molecule has 2 aromatic rings. The van der Waals surface area contributed by atoms with Crippen LogP contribution in [0.5, 0.6) is 0 Å². The zero-order valence-corrected chi connectivity index (χ0v) is 14.9. The van der Waals surface area contributed by atoms with Gasteiger partial charge in [-0.05, 0) is 38.4 Å². The fourth-order valence-electron chi connectivity index (χ4n) is 3.74. The molecule has 1 aliphatic carbocycles. The molecule has 0 N–H and O–H groups in total. The zero-order chi connectivity index (χ0) is 16.8. The standard InChI is InChI=1S/C20H28N4/c1-3-19(18-11-7-8-12-21-18)24(2)15-16-13-22-20(23-14-16)17-9-5-4-6-10-17/h7-8,11-14,17,19H,3-6,9-10,15H2,1-2H3/t19-/m0/s1. The van der Waals surface area contributed by atoms with Gasteiger partial charge in [-0.15, -0.1) is 0 Å². The minimum absolute atomic E-state index is 0.323. The number of hydrogen-bond acceptors (Lipinski definition) is 4. The Hall–Kier alpha value is -1.81. The highest BCUT2D eigenvalue weighted by atomic mass is 15.1. The van der Waals surface area contributed by atoms with E-state index in [0.29, 0.717) is 12.0 Å². The van der Waals surface area contributed by atoms with Gasteiger partial charge in [0, 0.05) is 36.6 Å². The molecule has 1 saturated carbocycles. The van der Waals surface area contributed by atoms with Crippen LogP contribution < -0.4 is 0 Å². The van der Waals surface area contributed by atoms with E-state index in [9.17, 15) is 0 Å². The van der Waals surface area contributed by atoms with Crippen molar-refractivity contribution < 1.29 is 0 Å². The Bertz CT molecular complexity index is 605. The molecule has 2 aromatic heterocycles. The Balaban J connectivity index is 1.64. The highest BCUT2D eigenvalue weighted by Crippen LogP contribution is 2.30. The second-order valence-corrected chi connectivity index (χ2v) is 6.88. The quantitative estimate of drug-likeness (QED) is 0.784. The summed E-state index contributed by atoms with van der Waals surface area (Å²) >= 11 is 0. The van der Waals surface area contributed by atoms with Crippen molar-refractivity contribution in [1.29, 1.82) is 0 Å². The fraction of sp³-hybridized carbons (Fsp3) is 0.550. The van der Waals surface area contributed by atoms with Crippen molar-refractivity contribution in [2.75, 3.05) is 7.05 Å². The Morgan fingerprint density at radius 2 is 1.83 bits per heavy atom. The fourth-order valence-corrected chi connectivity index (χ4v) is 3.74. The van der Waals surface area contributed by atoms with Crippen molar-refractivity contribution in [2.45, 2.75) is 64.0 Å². The van der Waals surface area contributed by atoms with Crippen molar-refractivity contribution >= 4 is 0 Å². The average molecular weight is 324 g/mol. The van der Waals surface area contributed by atoms with E-state index < -0.39 is 0 Å². The first-order valence-corrected chi connectivity index (χ1v) is 9.20. The Morgan fingerprint density at radius 3 is 2.46 bits per heavy atom. The van der Waals surface area contributed by atoms with E-state index in [1.807, 2.05) is 24.7 Å². The summed E-state index contributed by atoms with van der Waals surface area (Å²) in [4.78, 5) is 16.2. The molecule has 3 rings (SSSR count). The summed E-state index contributed by atoms with van der Waals surface area (Å²) in [5, 5.41) is 0. The maximum absolute atomic E-state index is 4.66. The SMILES string of the molecule is CC[C@@H](c1ccccn1)N(C)Cc1cnc(C2CCCCC2)nc1. The van der Waals surface area contributed by atoms with E-state index in [4.69, 9.17) is 0 Å². The molecule has 0 amide bonds. The molecule has 4 heteroatoms. The summed E-state index contributed by atoms with van der Waals surface area (Å²) in [6.07, 6.45) is 13.4. The van der Waals surface area contributed by atoms with Gasteiger partial charge in [-0.25, -0.2) is 9.97 Å². The highest BCUT2D eigenvalue weighted by molar-refractivity contribution is 5.11. The summed E-state index contributed by atoms with van der Waals surface area (Å²) in [5.41, 5.74) is 2.30. The predicted molar refractivity (Wildman–Crippen MR) is 96.6 cm³/mol. The van der Waals surface area contributed by atoms with Gasteiger partial charge in [-0.2, -0.15) is 0 Å². The lowest BCUT2D eigenvalue weighted by molar-refractivity contribution is 0.225. The average Bonchev–Trinajstić information content (AvgIpc) is 2.64. The molecule has 0 bridgehead atoms. The van der Waals surface area contributed by atoms with Crippen molar-refractivity contribution in [3.8, 4) is 0 Å². The van der Waals surface area contributed by atoms with Gasteiger partial charge < -0.3 is 0 Å². The lowest BCUT2D eigenvalue weighted by Gasteiger charge is -2.26. The van der Waals surface area contributed by atoms with Crippen LogP contribution in [0.3, 0.4) is 0 Å². The van der Waals surface area contributed by atoms with Gasteiger partial charge in [0.2, 0.25) is 0 Å². The molecule has 0 spiro atoms. The summed E-state index contributed by atoms with van der Waals surface area (Å²) in [6.45, 7) is 3.05. The second-order valence-electron chi connectivity index (χ2n) is 6.88. The monoisotopic (exact) mass is 324 g/mol. The first-order chi connectivity index (χ1) is 11.8. The first-order valence-electron chi connectivity index (χ1n) is 9.20. The largest absolute Gasteiger partial charge is 0.293 e. The normalized spacial score (nSPS) is 17.1. The van der Waals surface area contributed by atoms with Gasteiger partial charge in [0.15, 0.2) is 0 Å². The van der Waals surface area contributed by atoms with Gasteiger partial charge in [-0.3, -0.25) is 9.88 Å². The van der Waals surface area contributed by atoms with Gasteiger partial charge in [0.25, 0.3) is 0 Å². The van der Waals surface area contributed by atoms with E-state index in [-0.39, 0.29) is 0 Å². The van der Waals surface area contributed by atoms with Crippen molar-refractivity contribution in [1.82, 2.24) is 19.9 Å². The van der Waals surface area contributed by atoms with Crippen LogP contribution in [0.1, 0.15) is 74.5 Å². The smallest absolute Gasteiger partial charge is 0.131 e. The molecule has 0 aliphatic heterocycles. The Morgan fingerprint density at radius 1 is 1.08 bits per heavy atom. The zero-order valence-electron chi connectivity index (χ0n) is 14.9. The van der Waals surface area contributed by atoms with Crippen LogP contribution in [0.2, 0.25) is 0 Å². The molecule has 0 saturated heterocycles. The van der Waals surface area contributed by atoms with E-state index in [2.05, 4.69) is 46.0 Å². The predicted octanol–water partition coefficient (Wildman–Crippen LogP) is 4.50. The minimum atomic E-state index is 0.323. The third-order valence-electron chi connectivity index (χ3n) is 5.08. The Labute approximate surface area is 145 Å². The van der Waals surface area contributed by atoms with Crippen molar-refractivity contribution in [3.05, 3.63) is 53.9 Å². The Kier molecular flexibility index (Phi) is 5.91. The van der Waals surface area contributed by atoms with E-state index >= 15 is 0 Å². The van der Waals surface area contributed by atoms with Gasteiger partial charge >= 0.3 is 0 Å². The van der Waals surface area contributed by atoms with Crippen LogP contribution in [0.25, 0.3) is 0 Å². The van der Waals surface area contributed by atoms with Crippen LogP contribution in [-0.2, 0) is 6.54 Å². The van der Waals surface area contributed by atoms with Crippen molar-refractivity contribution in [2.24, 2.45) is 0 Å². The number of pyridine rings is 1. The van der Waals surface area contributed by atoms with Crippen LogP contribution in [0.4, 0.5) is 0 Å². The molecule has 0 radical (unpaired) electrons. The summed E-state index contributed by atoms with van der Waals surface area (Å²) in [7, 11) is 2.15. The number of nitrogens with zero attached hydrogens (tertiary/aromatic N) is 4. The third kappa shape index (κ3) is 4.18. The molecule has 128 valence electrons.